The zero-order valence-electron chi connectivity index (χ0n) is 14.0. The van der Waals surface area contributed by atoms with Gasteiger partial charge in [0, 0.05) is 23.0 Å². The molecule has 132 valence electrons. The summed E-state index contributed by atoms with van der Waals surface area (Å²) in [6, 6.07) is 16.5. The van der Waals surface area contributed by atoms with Gasteiger partial charge in [-0.15, -0.1) is 11.8 Å². The van der Waals surface area contributed by atoms with E-state index in [0.717, 1.165) is 20.2 Å². The number of carbonyl (C=O) groups excluding carboxylic acids is 1. The van der Waals surface area contributed by atoms with E-state index in [-0.39, 0.29) is 6.54 Å². The molecule has 0 aliphatic carbocycles. The fraction of sp³-hybridized carbons (Fsp3) is 0.167. The Morgan fingerprint density at radius 2 is 1.88 bits per heavy atom. The quantitative estimate of drug-likeness (QED) is 0.753. The molecule has 0 aromatic heterocycles. The van der Waals surface area contributed by atoms with Crippen LogP contribution in [0.5, 0.6) is 0 Å². The highest BCUT2D eigenvalue weighted by Gasteiger charge is 2.17. The maximum absolute atomic E-state index is 12.2. The van der Waals surface area contributed by atoms with Gasteiger partial charge in [0.05, 0.1) is 6.54 Å². The maximum atomic E-state index is 12.2. The maximum Gasteiger partial charge on any atom is 0.239 e. The van der Waals surface area contributed by atoms with Gasteiger partial charge < -0.3 is 5.32 Å². The predicted octanol–water partition coefficient (Wildman–Crippen LogP) is 3.28. The number of thioether (sulfide) groups is 1. The summed E-state index contributed by atoms with van der Waals surface area (Å²) < 4.78 is 25.5. The van der Waals surface area contributed by atoms with Crippen LogP contribution in [-0.2, 0) is 14.8 Å². The van der Waals surface area contributed by atoms with Crippen LogP contribution in [0.3, 0.4) is 0 Å². The Morgan fingerprint density at radius 3 is 2.56 bits per heavy atom. The number of nitrogens with one attached hydrogen (secondary N) is 1. The van der Waals surface area contributed by atoms with Crippen LogP contribution in [-0.4, -0.2) is 38.5 Å². The van der Waals surface area contributed by atoms with Crippen LogP contribution < -0.4 is 5.32 Å². The average Bonchev–Trinajstić information content (AvgIpc) is 2.61. The summed E-state index contributed by atoms with van der Waals surface area (Å²) in [5.41, 5.74) is 1.42. The third-order valence-corrected chi connectivity index (χ3v) is 5.59. The summed E-state index contributed by atoms with van der Waals surface area (Å²) in [5.74, 6) is -0.391. The molecule has 0 saturated heterocycles. The van der Waals surface area contributed by atoms with Gasteiger partial charge in [0.15, 0.2) is 0 Å². The van der Waals surface area contributed by atoms with Crippen LogP contribution in [0.4, 0.5) is 5.69 Å². The number of rotatable bonds is 7. The lowest BCUT2D eigenvalue weighted by Crippen LogP contribution is -2.33. The number of benzene rings is 2. The Labute approximate surface area is 152 Å². The molecule has 2 aromatic rings. The Balaban J connectivity index is 1.98. The zero-order chi connectivity index (χ0) is 18.3. The summed E-state index contributed by atoms with van der Waals surface area (Å²) in [7, 11) is -2.29. The molecule has 0 atom stereocenters. The van der Waals surface area contributed by atoms with Crippen LogP contribution >= 0.6 is 11.8 Å². The second-order valence-corrected chi connectivity index (χ2v) is 8.10. The Morgan fingerprint density at radius 1 is 1.16 bits per heavy atom. The molecule has 0 aliphatic rings. The molecule has 0 bridgehead atoms. The fourth-order valence-electron chi connectivity index (χ4n) is 2.03. The highest BCUT2D eigenvalue weighted by Crippen LogP contribution is 2.19. The summed E-state index contributed by atoms with van der Waals surface area (Å²) >= 11 is 1.57. The van der Waals surface area contributed by atoms with Crippen molar-refractivity contribution in [1.29, 1.82) is 0 Å². The van der Waals surface area contributed by atoms with Crippen LogP contribution in [0.15, 0.2) is 64.9 Å². The Bertz CT molecular complexity index is 850. The number of hydrogen-bond donors (Lipinski definition) is 1. The highest BCUT2D eigenvalue weighted by atomic mass is 32.2. The lowest BCUT2D eigenvalue weighted by Gasteiger charge is -2.14. The smallest absolute Gasteiger partial charge is 0.239 e. The van der Waals surface area contributed by atoms with E-state index in [2.05, 4.69) is 5.32 Å². The first-order valence-electron chi connectivity index (χ1n) is 7.54. The normalized spacial score (nSPS) is 11.8. The van der Waals surface area contributed by atoms with E-state index in [0.29, 0.717) is 5.69 Å². The first kappa shape index (κ1) is 19.2. The van der Waals surface area contributed by atoms with E-state index < -0.39 is 15.9 Å². The lowest BCUT2D eigenvalue weighted by atomic mass is 10.2. The SMILES string of the molecule is CSc1cccc(NC(=O)CN(C)S(=O)(=O)/C=C/c2ccccc2)c1. The third kappa shape index (κ3) is 6.04. The van der Waals surface area contributed by atoms with Gasteiger partial charge >= 0.3 is 0 Å². The lowest BCUT2D eigenvalue weighted by molar-refractivity contribution is -0.116. The monoisotopic (exact) mass is 376 g/mol. The first-order chi connectivity index (χ1) is 11.9. The summed E-state index contributed by atoms with van der Waals surface area (Å²) in [6.45, 7) is -0.259. The number of carbonyl (C=O) groups is 1. The Kier molecular flexibility index (Phi) is 6.81. The number of anilines is 1. The van der Waals surface area contributed by atoms with Gasteiger partial charge in [0.25, 0.3) is 0 Å². The van der Waals surface area contributed by atoms with Gasteiger partial charge in [0.2, 0.25) is 15.9 Å². The molecule has 0 spiro atoms. The van der Waals surface area contributed by atoms with Crippen molar-refractivity contribution in [3.63, 3.8) is 0 Å². The van der Waals surface area contributed by atoms with Crippen LogP contribution in [0.2, 0.25) is 0 Å². The second kappa shape index (κ2) is 8.84. The topological polar surface area (TPSA) is 66.5 Å². The van der Waals surface area contributed by atoms with Crippen molar-refractivity contribution < 1.29 is 13.2 Å². The predicted molar refractivity (Wildman–Crippen MR) is 104 cm³/mol. The molecule has 0 saturated carbocycles. The van der Waals surface area contributed by atoms with E-state index in [1.54, 1.807) is 30.0 Å². The van der Waals surface area contributed by atoms with Gasteiger partial charge in [-0.1, -0.05) is 36.4 Å². The average molecular weight is 377 g/mol. The molecule has 0 fully saturated rings. The molecule has 0 aliphatic heterocycles. The van der Waals surface area contributed by atoms with Crippen molar-refractivity contribution in [2.45, 2.75) is 4.90 Å². The van der Waals surface area contributed by atoms with Crippen molar-refractivity contribution in [3.8, 4) is 0 Å². The molecule has 2 rings (SSSR count). The zero-order valence-corrected chi connectivity index (χ0v) is 15.7. The summed E-state index contributed by atoms with van der Waals surface area (Å²) in [6.07, 6.45) is 3.45. The number of likely N-dealkylation sites (N-methyl/N-ethyl adjacent to an activating group) is 1. The van der Waals surface area contributed by atoms with Crippen LogP contribution in [0, 0.1) is 0 Å². The van der Waals surface area contributed by atoms with E-state index in [1.165, 1.54) is 13.1 Å². The number of nitrogens with zero attached hydrogens (tertiary/aromatic N) is 1. The van der Waals surface area contributed by atoms with Crippen molar-refractivity contribution >= 4 is 39.5 Å². The fourth-order valence-corrected chi connectivity index (χ4v) is 3.32. The molecule has 25 heavy (non-hydrogen) atoms. The molecule has 0 heterocycles. The second-order valence-electron chi connectivity index (χ2n) is 5.29. The summed E-state index contributed by atoms with van der Waals surface area (Å²) in [5, 5.41) is 3.81. The number of hydrogen-bond acceptors (Lipinski definition) is 4. The minimum Gasteiger partial charge on any atom is -0.325 e. The van der Waals surface area contributed by atoms with Gasteiger partial charge in [-0.25, -0.2) is 8.42 Å². The van der Waals surface area contributed by atoms with Crippen molar-refractivity contribution in [2.24, 2.45) is 0 Å². The third-order valence-electron chi connectivity index (χ3n) is 3.39. The van der Waals surface area contributed by atoms with E-state index in [4.69, 9.17) is 0 Å². The van der Waals surface area contributed by atoms with Crippen molar-refractivity contribution in [1.82, 2.24) is 4.31 Å². The minimum atomic E-state index is -3.67. The van der Waals surface area contributed by atoms with E-state index >= 15 is 0 Å². The van der Waals surface area contributed by atoms with Gasteiger partial charge in [-0.3, -0.25) is 4.79 Å². The van der Waals surface area contributed by atoms with Crippen molar-refractivity contribution in [2.75, 3.05) is 25.2 Å². The van der Waals surface area contributed by atoms with Gasteiger partial charge in [-0.05, 0) is 36.1 Å². The molecule has 0 unspecified atom stereocenters. The molecule has 5 nitrogen and oxygen atoms in total. The largest absolute Gasteiger partial charge is 0.325 e. The van der Waals surface area contributed by atoms with Crippen LogP contribution in [0.1, 0.15) is 5.56 Å². The molecule has 0 radical (unpaired) electrons. The van der Waals surface area contributed by atoms with Crippen molar-refractivity contribution in [3.05, 3.63) is 65.6 Å². The van der Waals surface area contributed by atoms with Gasteiger partial charge in [-0.2, -0.15) is 4.31 Å². The standard InChI is InChI=1S/C18H20N2O3S2/c1-20(25(22,23)12-11-15-7-4-3-5-8-15)14-18(21)19-16-9-6-10-17(13-16)24-2/h3-13H,14H2,1-2H3,(H,19,21)/b12-11+. The molecule has 1 N–H and O–H groups in total. The molecule has 7 heteroatoms. The molecular formula is C18H20N2O3S2. The van der Waals surface area contributed by atoms with Crippen LogP contribution in [0.25, 0.3) is 6.08 Å². The molecule has 2 aromatic carbocycles. The minimum absolute atomic E-state index is 0.259. The van der Waals surface area contributed by atoms with E-state index in [9.17, 15) is 13.2 Å². The summed E-state index contributed by atoms with van der Waals surface area (Å²) in [4.78, 5) is 13.1. The van der Waals surface area contributed by atoms with Gasteiger partial charge in [0.1, 0.15) is 0 Å². The molecular weight excluding hydrogens is 356 g/mol. The first-order valence-corrected chi connectivity index (χ1v) is 10.3. The number of amides is 1. The Hall–Kier alpha value is -2.09. The van der Waals surface area contributed by atoms with E-state index in [1.807, 2.05) is 42.7 Å². The highest BCUT2D eigenvalue weighted by molar-refractivity contribution is 7.98. The number of sulfonamides is 1. The molecule has 1 amide bonds.